The van der Waals surface area contributed by atoms with E-state index >= 15 is 0 Å². The Labute approximate surface area is 222 Å². The zero-order valence-corrected chi connectivity index (χ0v) is 21.8. The van der Waals surface area contributed by atoms with Gasteiger partial charge in [-0.3, -0.25) is 19.9 Å². The summed E-state index contributed by atoms with van der Waals surface area (Å²) in [6.45, 7) is 5.69. The molecular formula is C27H26N6O4S. The number of pyridine rings is 1. The molecule has 2 aromatic carbocycles. The number of ether oxygens (including phenoxy) is 1. The molecule has 1 unspecified atom stereocenters. The number of aromatic nitrogens is 4. The van der Waals surface area contributed by atoms with E-state index in [-0.39, 0.29) is 29.0 Å². The van der Waals surface area contributed by atoms with Gasteiger partial charge in [-0.15, -0.1) is 10.2 Å². The largest absolute Gasteiger partial charge is 0.505 e. The van der Waals surface area contributed by atoms with Gasteiger partial charge >= 0.3 is 5.97 Å². The highest BCUT2D eigenvalue weighted by Gasteiger charge is 2.29. The fourth-order valence-electron chi connectivity index (χ4n) is 4.09. The fraction of sp³-hybridized carbons (Fsp3) is 0.222. The molecule has 5 aromatic rings. The Morgan fingerprint density at radius 3 is 2.68 bits per heavy atom. The van der Waals surface area contributed by atoms with E-state index in [0.29, 0.717) is 10.6 Å². The lowest BCUT2D eigenvalue weighted by atomic mass is 9.98. The van der Waals surface area contributed by atoms with Gasteiger partial charge in [-0.1, -0.05) is 41.7 Å². The minimum atomic E-state index is -0.647. The third-order valence-corrected chi connectivity index (χ3v) is 6.58. The maximum Gasteiger partial charge on any atom is 0.315 e. The van der Waals surface area contributed by atoms with Gasteiger partial charge in [-0.05, 0) is 44.5 Å². The Bertz CT molecular complexity index is 1640. The number of carbonyl (C=O) groups is 2. The molecule has 0 radical (unpaired) electrons. The van der Waals surface area contributed by atoms with Crippen molar-refractivity contribution in [3.05, 3.63) is 72.1 Å². The van der Waals surface area contributed by atoms with Crippen molar-refractivity contribution in [1.82, 2.24) is 20.2 Å². The van der Waals surface area contributed by atoms with E-state index in [9.17, 15) is 14.7 Å². The van der Waals surface area contributed by atoms with Crippen molar-refractivity contribution in [2.75, 3.05) is 17.2 Å². The first-order chi connectivity index (χ1) is 18.2. The number of H-pyrrole nitrogens is 1. The maximum atomic E-state index is 13.2. The summed E-state index contributed by atoms with van der Waals surface area (Å²) in [5.41, 5.74) is 1.49. The summed E-state index contributed by atoms with van der Waals surface area (Å²) in [6.07, 6.45) is 3.37. The van der Waals surface area contributed by atoms with E-state index in [0.717, 1.165) is 33.2 Å². The number of phenols is 1. The highest BCUT2D eigenvalue weighted by molar-refractivity contribution is 7.19. The lowest BCUT2D eigenvalue weighted by molar-refractivity contribution is -0.156. The number of rotatable bonds is 7. The van der Waals surface area contributed by atoms with Crippen LogP contribution >= 0.6 is 11.3 Å². The van der Waals surface area contributed by atoms with E-state index in [1.54, 1.807) is 24.4 Å². The average Bonchev–Trinajstić information content (AvgIpc) is 3.51. The Morgan fingerprint density at radius 2 is 1.87 bits per heavy atom. The lowest BCUT2D eigenvalue weighted by Crippen LogP contribution is -2.30. The monoisotopic (exact) mass is 530 g/mol. The average molecular weight is 531 g/mol. The number of benzene rings is 2. The lowest BCUT2D eigenvalue weighted by Gasteiger charge is -2.24. The van der Waals surface area contributed by atoms with Crippen LogP contribution in [0.2, 0.25) is 0 Å². The second-order valence-corrected chi connectivity index (χ2v) is 10.6. The van der Waals surface area contributed by atoms with E-state index in [1.807, 2.05) is 51.2 Å². The molecule has 194 valence electrons. The minimum Gasteiger partial charge on any atom is -0.505 e. The molecule has 0 aliphatic heterocycles. The van der Waals surface area contributed by atoms with E-state index in [2.05, 4.69) is 30.8 Å². The molecule has 0 spiro atoms. The molecule has 0 saturated heterocycles. The summed E-state index contributed by atoms with van der Waals surface area (Å²) >= 11 is 1.11. The highest BCUT2D eigenvalue weighted by atomic mass is 32.1. The fourth-order valence-corrected chi connectivity index (χ4v) is 4.73. The third kappa shape index (κ3) is 5.28. The number of fused-ring (bicyclic) bond motifs is 2. The van der Waals surface area contributed by atoms with E-state index < -0.39 is 17.4 Å². The van der Waals surface area contributed by atoms with Gasteiger partial charge in [0, 0.05) is 35.2 Å². The maximum absolute atomic E-state index is 13.2. The van der Waals surface area contributed by atoms with Crippen molar-refractivity contribution in [3.8, 4) is 5.75 Å². The van der Waals surface area contributed by atoms with Crippen LogP contribution in [0, 0.1) is 0 Å². The van der Waals surface area contributed by atoms with Crippen LogP contribution < -0.4 is 10.6 Å². The van der Waals surface area contributed by atoms with Gasteiger partial charge in [-0.25, -0.2) is 0 Å². The SMILES string of the molecule is CC(C)(C)OC(=O)C(CNc1nnc(NC(=O)c2ccc3cccnc3c2O)s1)c1c[nH]c2ccccc12. The number of aromatic amines is 1. The number of nitrogens with zero attached hydrogens (tertiary/aromatic N) is 3. The molecule has 38 heavy (non-hydrogen) atoms. The zero-order chi connectivity index (χ0) is 26.9. The molecule has 0 saturated carbocycles. The number of anilines is 2. The topological polar surface area (TPSA) is 142 Å². The molecule has 3 aromatic heterocycles. The Hall–Kier alpha value is -4.51. The van der Waals surface area contributed by atoms with Crippen LogP contribution in [-0.2, 0) is 9.53 Å². The van der Waals surface area contributed by atoms with E-state index in [4.69, 9.17) is 4.74 Å². The molecule has 0 bridgehead atoms. The molecule has 5 rings (SSSR count). The standard InChI is InChI=1S/C27H26N6O4S/c1-27(2,3)37-24(36)19(18-13-29-20-9-5-4-8-16(18)20)14-30-25-32-33-26(38-25)31-23(35)17-11-10-15-7-6-12-28-21(15)22(17)34/h4-13,19,29,34H,14H2,1-3H3,(H,30,32)(H,31,33,35). The van der Waals surface area contributed by atoms with Crippen molar-refractivity contribution in [1.29, 1.82) is 0 Å². The highest BCUT2D eigenvalue weighted by Crippen LogP contribution is 2.31. The molecule has 0 aliphatic carbocycles. The number of carbonyl (C=O) groups excluding carboxylic acids is 2. The number of aromatic hydroxyl groups is 1. The first kappa shape index (κ1) is 25.2. The summed E-state index contributed by atoms with van der Waals surface area (Å²) in [7, 11) is 0. The normalized spacial score (nSPS) is 12.4. The number of nitrogens with one attached hydrogen (secondary N) is 3. The molecule has 1 atom stereocenters. The number of hydrogen-bond donors (Lipinski definition) is 4. The summed E-state index contributed by atoms with van der Waals surface area (Å²) in [5.74, 6) is -1.73. The number of amides is 1. The Morgan fingerprint density at radius 1 is 1.08 bits per heavy atom. The smallest absolute Gasteiger partial charge is 0.315 e. The van der Waals surface area contributed by atoms with Crippen molar-refractivity contribution >= 4 is 55.3 Å². The Balaban J connectivity index is 1.32. The first-order valence-electron chi connectivity index (χ1n) is 11.9. The number of hydrogen-bond acceptors (Lipinski definition) is 9. The van der Waals surface area contributed by atoms with Crippen LogP contribution in [0.1, 0.15) is 42.6 Å². The van der Waals surface area contributed by atoms with Gasteiger partial charge in [-0.2, -0.15) is 0 Å². The van der Waals surface area contributed by atoms with Crippen LogP contribution in [0.25, 0.3) is 21.8 Å². The molecule has 11 heteroatoms. The van der Waals surface area contributed by atoms with Crippen LogP contribution in [0.15, 0.2) is 60.9 Å². The van der Waals surface area contributed by atoms with Crippen molar-refractivity contribution in [2.24, 2.45) is 0 Å². The molecular weight excluding hydrogens is 504 g/mol. The summed E-state index contributed by atoms with van der Waals surface area (Å²) in [6, 6.07) is 14.5. The van der Waals surface area contributed by atoms with Crippen LogP contribution in [0.3, 0.4) is 0 Å². The summed E-state index contributed by atoms with van der Waals surface area (Å²) in [5, 5.41) is 26.8. The molecule has 3 heterocycles. The zero-order valence-electron chi connectivity index (χ0n) is 21.0. The van der Waals surface area contributed by atoms with Crippen LogP contribution in [0.5, 0.6) is 5.75 Å². The summed E-state index contributed by atoms with van der Waals surface area (Å²) < 4.78 is 5.70. The third-order valence-electron chi connectivity index (χ3n) is 5.78. The van der Waals surface area contributed by atoms with Crippen molar-refractivity contribution in [2.45, 2.75) is 32.3 Å². The predicted molar refractivity (Wildman–Crippen MR) is 147 cm³/mol. The molecule has 4 N–H and O–H groups in total. The predicted octanol–water partition coefficient (Wildman–Crippen LogP) is 5.06. The van der Waals surface area contributed by atoms with Gasteiger partial charge in [0.15, 0.2) is 5.75 Å². The Kier molecular flexibility index (Phi) is 6.68. The van der Waals surface area contributed by atoms with E-state index in [1.165, 1.54) is 6.07 Å². The van der Waals surface area contributed by atoms with Crippen LogP contribution in [-0.4, -0.2) is 49.3 Å². The molecule has 0 aliphatic rings. The number of phenolic OH excluding ortho intramolecular Hbond substituents is 1. The molecule has 10 nitrogen and oxygen atoms in total. The van der Waals surface area contributed by atoms with Crippen molar-refractivity contribution < 1.29 is 19.4 Å². The van der Waals surface area contributed by atoms with Crippen molar-refractivity contribution in [3.63, 3.8) is 0 Å². The number of esters is 1. The van der Waals surface area contributed by atoms with Gasteiger partial charge in [0.25, 0.3) is 5.91 Å². The second-order valence-electron chi connectivity index (χ2n) is 9.66. The van der Waals surface area contributed by atoms with Gasteiger partial charge in [0.2, 0.25) is 10.3 Å². The van der Waals surface area contributed by atoms with Gasteiger partial charge in [0.05, 0.1) is 5.56 Å². The minimum absolute atomic E-state index is 0.0743. The molecule has 0 fully saturated rings. The second kappa shape index (κ2) is 10.1. The van der Waals surface area contributed by atoms with Crippen LogP contribution in [0.4, 0.5) is 10.3 Å². The molecule has 1 amide bonds. The van der Waals surface area contributed by atoms with Gasteiger partial charge in [0.1, 0.15) is 17.0 Å². The number of para-hydroxylation sites is 1. The van der Waals surface area contributed by atoms with Gasteiger partial charge < -0.3 is 20.1 Å². The summed E-state index contributed by atoms with van der Waals surface area (Å²) in [4.78, 5) is 33.3. The first-order valence-corrected chi connectivity index (χ1v) is 12.8. The quantitative estimate of drug-likeness (QED) is 0.214.